The van der Waals surface area contributed by atoms with Crippen molar-refractivity contribution in [1.82, 2.24) is 4.90 Å². The first-order valence-electron chi connectivity index (χ1n) is 5.56. The summed E-state index contributed by atoms with van der Waals surface area (Å²) in [5, 5.41) is 2.81. The fourth-order valence-electron chi connectivity index (χ4n) is 1.53. The zero-order valence-electron chi connectivity index (χ0n) is 10.2. The molecule has 1 aromatic heterocycles. The van der Waals surface area contributed by atoms with E-state index in [1.807, 2.05) is 30.3 Å². The number of halogens is 2. The van der Waals surface area contributed by atoms with E-state index < -0.39 is 0 Å². The Morgan fingerprint density at radius 3 is 2.74 bits per heavy atom. The predicted molar refractivity (Wildman–Crippen MR) is 81.0 cm³/mol. The van der Waals surface area contributed by atoms with Crippen molar-refractivity contribution in [3.8, 4) is 0 Å². The SMILES string of the molecule is CN(Cc1ccc(Br)o1)C(=O)Nc1cccc(Br)c1. The molecular weight excluding hydrogens is 376 g/mol. The topological polar surface area (TPSA) is 45.5 Å². The molecule has 0 aliphatic heterocycles. The van der Waals surface area contributed by atoms with Crippen molar-refractivity contribution in [3.05, 3.63) is 51.3 Å². The second kappa shape index (κ2) is 6.25. The number of carbonyl (C=O) groups excluding carboxylic acids is 1. The summed E-state index contributed by atoms with van der Waals surface area (Å²) < 4.78 is 6.94. The minimum atomic E-state index is -0.189. The lowest BCUT2D eigenvalue weighted by Gasteiger charge is -2.16. The van der Waals surface area contributed by atoms with Crippen LogP contribution >= 0.6 is 31.9 Å². The lowest BCUT2D eigenvalue weighted by atomic mass is 10.3. The molecule has 100 valence electrons. The molecule has 19 heavy (non-hydrogen) atoms. The summed E-state index contributed by atoms with van der Waals surface area (Å²) in [6.45, 7) is 0.408. The minimum absolute atomic E-state index is 0.189. The van der Waals surface area contributed by atoms with Gasteiger partial charge in [-0.2, -0.15) is 0 Å². The average molecular weight is 388 g/mol. The van der Waals surface area contributed by atoms with E-state index in [1.165, 1.54) is 0 Å². The Bertz CT molecular complexity index is 584. The fourth-order valence-corrected chi connectivity index (χ4v) is 2.27. The molecule has 0 aliphatic rings. The van der Waals surface area contributed by atoms with Gasteiger partial charge in [-0.25, -0.2) is 4.79 Å². The van der Waals surface area contributed by atoms with Gasteiger partial charge in [0.1, 0.15) is 5.76 Å². The molecule has 0 bridgehead atoms. The Labute approximate surface area is 128 Å². The van der Waals surface area contributed by atoms with Crippen molar-refractivity contribution in [1.29, 1.82) is 0 Å². The summed E-state index contributed by atoms with van der Waals surface area (Å²) in [6.07, 6.45) is 0. The maximum absolute atomic E-state index is 12.0. The summed E-state index contributed by atoms with van der Waals surface area (Å²) in [7, 11) is 1.71. The summed E-state index contributed by atoms with van der Waals surface area (Å²) >= 11 is 6.59. The number of nitrogens with one attached hydrogen (secondary N) is 1. The molecular formula is C13H12Br2N2O2. The Morgan fingerprint density at radius 2 is 2.11 bits per heavy atom. The van der Waals surface area contributed by atoms with Gasteiger partial charge in [-0.15, -0.1) is 0 Å². The molecule has 0 saturated heterocycles. The largest absolute Gasteiger partial charge is 0.452 e. The number of urea groups is 1. The van der Waals surface area contributed by atoms with Crippen LogP contribution in [0.5, 0.6) is 0 Å². The number of rotatable bonds is 3. The van der Waals surface area contributed by atoms with Gasteiger partial charge in [-0.1, -0.05) is 22.0 Å². The van der Waals surface area contributed by atoms with Crippen molar-refractivity contribution < 1.29 is 9.21 Å². The highest BCUT2D eigenvalue weighted by atomic mass is 79.9. The molecule has 1 N–H and O–H groups in total. The maximum atomic E-state index is 12.0. The third kappa shape index (κ3) is 4.11. The number of hydrogen-bond acceptors (Lipinski definition) is 2. The molecule has 4 nitrogen and oxygen atoms in total. The summed E-state index contributed by atoms with van der Waals surface area (Å²) in [5.74, 6) is 0.721. The minimum Gasteiger partial charge on any atom is -0.452 e. The van der Waals surface area contributed by atoms with Crippen LogP contribution in [-0.4, -0.2) is 18.0 Å². The molecule has 1 aromatic carbocycles. The van der Waals surface area contributed by atoms with Gasteiger partial charge in [0.25, 0.3) is 0 Å². The van der Waals surface area contributed by atoms with Gasteiger partial charge in [-0.3, -0.25) is 0 Å². The summed E-state index contributed by atoms with van der Waals surface area (Å²) in [6, 6.07) is 10.9. The molecule has 6 heteroatoms. The van der Waals surface area contributed by atoms with Crippen molar-refractivity contribution in [2.75, 3.05) is 12.4 Å². The van der Waals surface area contributed by atoms with Crippen molar-refractivity contribution in [2.24, 2.45) is 0 Å². The number of anilines is 1. The second-order valence-electron chi connectivity index (χ2n) is 4.00. The first kappa shape index (κ1) is 14.1. The number of carbonyl (C=O) groups is 1. The van der Waals surface area contributed by atoms with E-state index in [2.05, 4.69) is 37.2 Å². The molecule has 1 heterocycles. The summed E-state index contributed by atoms with van der Waals surface area (Å²) in [4.78, 5) is 13.5. The molecule has 2 amide bonds. The summed E-state index contributed by atoms with van der Waals surface area (Å²) in [5.41, 5.74) is 0.742. The molecule has 0 spiro atoms. The first-order valence-corrected chi connectivity index (χ1v) is 7.15. The number of amides is 2. The second-order valence-corrected chi connectivity index (χ2v) is 5.70. The third-order valence-electron chi connectivity index (χ3n) is 2.44. The maximum Gasteiger partial charge on any atom is 0.321 e. The predicted octanol–water partition coefficient (Wildman–Crippen LogP) is 4.47. The van der Waals surface area contributed by atoms with Gasteiger partial charge in [0.05, 0.1) is 6.54 Å². The smallest absolute Gasteiger partial charge is 0.321 e. The van der Waals surface area contributed by atoms with Gasteiger partial charge in [0, 0.05) is 17.2 Å². The molecule has 2 rings (SSSR count). The van der Waals surface area contributed by atoms with E-state index in [-0.39, 0.29) is 6.03 Å². The Hall–Kier alpha value is -1.27. The monoisotopic (exact) mass is 386 g/mol. The van der Waals surface area contributed by atoms with Crippen LogP contribution in [0.15, 0.2) is 50.0 Å². The van der Waals surface area contributed by atoms with E-state index in [0.29, 0.717) is 11.2 Å². The zero-order chi connectivity index (χ0) is 13.8. The van der Waals surface area contributed by atoms with E-state index in [0.717, 1.165) is 15.9 Å². The van der Waals surface area contributed by atoms with Gasteiger partial charge >= 0.3 is 6.03 Å². The van der Waals surface area contributed by atoms with Crippen molar-refractivity contribution >= 4 is 43.6 Å². The van der Waals surface area contributed by atoms with E-state index in [1.54, 1.807) is 18.0 Å². The molecule has 0 fully saturated rings. The van der Waals surface area contributed by atoms with Gasteiger partial charge in [0.2, 0.25) is 0 Å². The molecule has 0 radical (unpaired) electrons. The van der Waals surface area contributed by atoms with Crippen LogP contribution < -0.4 is 5.32 Å². The zero-order valence-corrected chi connectivity index (χ0v) is 13.4. The molecule has 2 aromatic rings. The van der Waals surface area contributed by atoms with Crippen LogP contribution in [0.2, 0.25) is 0 Å². The fraction of sp³-hybridized carbons (Fsp3) is 0.154. The van der Waals surface area contributed by atoms with Crippen LogP contribution in [0.4, 0.5) is 10.5 Å². The van der Waals surface area contributed by atoms with E-state index >= 15 is 0 Å². The third-order valence-corrected chi connectivity index (χ3v) is 3.36. The Morgan fingerprint density at radius 1 is 1.32 bits per heavy atom. The number of furan rings is 1. The van der Waals surface area contributed by atoms with Gasteiger partial charge in [-0.05, 0) is 46.3 Å². The van der Waals surface area contributed by atoms with E-state index in [9.17, 15) is 4.79 Å². The first-order chi connectivity index (χ1) is 9.04. The Balaban J connectivity index is 1.96. The van der Waals surface area contributed by atoms with Crippen LogP contribution in [0.3, 0.4) is 0 Å². The number of benzene rings is 1. The number of hydrogen-bond donors (Lipinski definition) is 1. The highest BCUT2D eigenvalue weighted by Crippen LogP contribution is 2.17. The lowest BCUT2D eigenvalue weighted by molar-refractivity contribution is 0.216. The molecule has 0 aliphatic carbocycles. The standard InChI is InChI=1S/C13H12Br2N2O2/c1-17(8-11-5-6-12(15)19-11)13(18)16-10-4-2-3-9(14)7-10/h2-7H,8H2,1H3,(H,16,18). The van der Waals surface area contributed by atoms with Crippen LogP contribution in [0.1, 0.15) is 5.76 Å². The van der Waals surface area contributed by atoms with Crippen LogP contribution in [-0.2, 0) is 6.54 Å². The highest BCUT2D eigenvalue weighted by molar-refractivity contribution is 9.10. The molecule has 0 atom stereocenters. The van der Waals surface area contributed by atoms with Crippen molar-refractivity contribution in [3.63, 3.8) is 0 Å². The van der Waals surface area contributed by atoms with Crippen LogP contribution in [0.25, 0.3) is 0 Å². The lowest BCUT2D eigenvalue weighted by Crippen LogP contribution is -2.30. The quantitative estimate of drug-likeness (QED) is 0.844. The highest BCUT2D eigenvalue weighted by Gasteiger charge is 2.11. The Kier molecular flexibility index (Phi) is 4.66. The normalized spacial score (nSPS) is 10.3. The molecule has 0 unspecified atom stereocenters. The van der Waals surface area contributed by atoms with Crippen molar-refractivity contribution in [2.45, 2.75) is 6.54 Å². The van der Waals surface area contributed by atoms with Crippen LogP contribution in [0, 0.1) is 0 Å². The molecule has 0 saturated carbocycles. The average Bonchev–Trinajstić information content (AvgIpc) is 2.74. The van der Waals surface area contributed by atoms with Gasteiger partial charge in [0.15, 0.2) is 4.67 Å². The van der Waals surface area contributed by atoms with Gasteiger partial charge < -0.3 is 14.6 Å². The number of nitrogens with zero attached hydrogens (tertiary/aromatic N) is 1. The van der Waals surface area contributed by atoms with E-state index in [4.69, 9.17) is 4.42 Å².